The molecule has 0 unspecified atom stereocenters. The number of furan rings is 1. The zero-order chi connectivity index (χ0) is 22.1. The standard InChI is InChI=1S/C25H19Cl2N3OS/c26-17-9-10-18(19(27)14-17)21-11-12-22(31-21)24-23(20-8-4-5-13-28-20)29-25(32)30(24)15-16-6-2-1-3-7-16/h1-14,23-24H,15H2,(H,29,32)/t23-,24-/m0/s1. The number of rotatable bonds is 5. The van der Waals surface area contributed by atoms with Crippen LogP contribution in [0.5, 0.6) is 0 Å². The molecule has 2 aromatic heterocycles. The Morgan fingerprint density at radius 1 is 0.969 bits per heavy atom. The number of nitrogens with zero attached hydrogens (tertiary/aromatic N) is 2. The highest BCUT2D eigenvalue weighted by atomic mass is 35.5. The summed E-state index contributed by atoms with van der Waals surface area (Å²) >= 11 is 18.2. The number of halogens is 2. The van der Waals surface area contributed by atoms with Gasteiger partial charge < -0.3 is 14.6 Å². The minimum atomic E-state index is -0.169. The Morgan fingerprint density at radius 2 is 1.78 bits per heavy atom. The van der Waals surface area contributed by atoms with Crippen molar-refractivity contribution in [3.63, 3.8) is 0 Å². The van der Waals surface area contributed by atoms with Crippen LogP contribution in [0.25, 0.3) is 11.3 Å². The summed E-state index contributed by atoms with van der Waals surface area (Å²) in [4.78, 5) is 6.72. The molecule has 1 aliphatic heterocycles. The summed E-state index contributed by atoms with van der Waals surface area (Å²) in [6.07, 6.45) is 1.79. The second-order valence-corrected chi connectivity index (χ2v) is 8.80. The highest BCUT2D eigenvalue weighted by molar-refractivity contribution is 7.80. The number of benzene rings is 2. The van der Waals surface area contributed by atoms with Gasteiger partial charge in [-0.05, 0) is 60.2 Å². The fraction of sp³-hybridized carbons (Fsp3) is 0.120. The van der Waals surface area contributed by atoms with E-state index in [1.54, 1.807) is 18.3 Å². The third kappa shape index (κ3) is 4.11. The molecule has 4 aromatic rings. The van der Waals surface area contributed by atoms with Gasteiger partial charge in [-0.2, -0.15) is 0 Å². The van der Waals surface area contributed by atoms with Gasteiger partial charge in [-0.1, -0.05) is 59.6 Å². The Balaban J connectivity index is 1.55. The van der Waals surface area contributed by atoms with Crippen molar-refractivity contribution >= 4 is 40.5 Å². The molecule has 2 atom stereocenters. The Labute approximate surface area is 201 Å². The van der Waals surface area contributed by atoms with Crippen LogP contribution in [0.4, 0.5) is 0 Å². The van der Waals surface area contributed by atoms with Gasteiger partial charge in [0.2, 0.25) is 0 Å². The molecule has 2 aromatic carbocycles. The molecule has 0 radical (unpaired) electrons. The average molecular weight is 480 g/mol. The highest BCUT2D eigenvalue weighted by Crippen LogP contribution is 2.42. The van der Waals surface area contributed by atoms with Crippen molar-refractivity contribution in [1.82, 2.24) is 15.2 Å². The molecule has 7 heteroatoms. The van der Waals surface area contributed by atoms with E-state index in [0.717, 1.165) is 22.6 Å². The van der Waals surface area contributed by atoms with Crippen LogP contribution in [0.3, 0.4) is 0 Å². The lowest BCUT2D eigenvalue weighted by Crippen LogP contribution is -2.29. The number of thiocarbonyl (C=S) groups is 1. The summed E-state index contributed by atoms with van der Waals surface area (Å²) in [7, 11) is 0. The first-order valence-corrected chi connectivity index (χ1v) is 11.3. The van der Waals surface area contributed by atoms with E-state index in [2.05, 4.69) is 27.3 Å². The van der Waals surface area contributed by atoms with Crippen molar-refractivity contribution in [1.29, 1.82) is 0 Å². The number of nitrogens with one attached hydrogen (secondary N) is 1. The van der Waals surface area contributed by atoms with Crippen molar-refractivity contribution in [3.05, 3.63) is 112 Å². The van der Waals surface area contributed by atoms with Crippen LogP contribution in [0, 0.1) is 0 Å². The lowest BCUT2D eigenvalue weighted by molar-refractivity contribution is 0.269. The maximum absolute atomic E-state index is 6.42. The minimum absolute atomic E-state index is 0.146. The molecule has 0 bridgehead atoms. The average Bonchev–Trinajstić information content (AvgIpc) is 3.40. The van der Waals surface area contributed by atoms with Gasteiger partial charge in [0.25, 0.3) is 0 Å². The number of hydrogen-bond donors (Lipinski definition) is 1. The normalized spacial score (nSPS) is 18.1. The summed E-state index contributed by atoms with van der Waals surface area (Å²) in [5.74, 6) is 1.46. The van der Waals surface area contributed by atoms with Gasteiger partial charge in [0.05, 0.1) is 16.8 Å². The van der Waals surface area contributed by atoms with E-state index in [9.17, 15) is 0 Å². The molecule has 1 aliphatic rings. The Bertz CT molecular complexity index is 1250. The minimum Gasteiger partial charge on any atom is -0.459 e. The molecule has 1 saturated heterocycles. The number of aromatic nitrogens is 1. The topological polar surface area (TPSA) is 41.3 Å². The lowest BCUT2D eigenvalue weighted by atomic mass is 10.0. The predicted octanol–water partition coefficient (Wildman–Crippen LogP) is 6.82. The Kier molecular flexibility index (Phi) is 5.87. The van der Waals surface area contributed by atoms with Gasteiger partial charge in [0.15, 0.2) is 5.11 Å². The predicted molar refractivity (Wildman–Crippen MR) is 132 cm³/mol. The highest BCUT2D eigenvalue weighted by Gasteiger charge is 2.41. The fourth-order valence-electron chi connectivity index (χ4n) is 4.01. The molecular weight excluding hydrogens is 461 g/mol. The van der Waals surface area contributed by atoms with Crippen molar-refractivity contribution < 1.29 is 4.42 Å². The van der Waals surface area contributed by atoms with E-state index in [0.29, 0.717) is 27.5 Å². The maximum Gasteiger partial charge on any atom is 0.170 e. The van der Waals surface area contributed by atoms with Crippen molar-refractivity contribution in [2.75, 3.05) is 0 Å². The first-order chi connectivity index (χ1) is 15.6. The Morgan fingerprint density at radius 3 is 2.53 bits per heavy atom. The fourth-order valence-corrected chi connectivity index (χ4v) is 4.82. The zero-order valence-electron chi connectivity index (χ0n) is 16.9. The van der Waals surface area contributed by atoms with Gasteiger partial charge in [-0.15, -0.1) is 0 Å². The van der Waals surface area contributed by atoms with Crippen LogP contribution in [-0.4, -0.2) is 15.0 Å². The van der Waals surface area contributed by atoms with Crippen molar-refractivity contribution in [2.24, 2.45) is 0 Å². The second kappa shape index (κ2) is 8.94. The quantitative estimate of drug-likeness (QED) is 0.318. The maximum atomic E-state index is 6.42. The summed E-state index contributed by atoms with van der Waals surface area (Å²) in [5, 5.41) is 5.24. The molecule has 0 amide bonds. The summed E-state index contributed by atoms with van der Waals surface area (Å²) in [5.41, 5.74) is 2.86. The summed E-state index contributed by atoms with van der Waals surface area (Å²) < 4.78 is 6.35. The van der Waals surface area contributed by atoms with Gasteiger partial charge in [-0.25, -0.2) is 0 Å². The molecule has 0 aliphatic carbocycles. The van der Waals surface area contributed by atoms with Crippen LogP contribution in [0.15, 0.2) is 89.5 Å². The van der Waals surface area contributed by atoms with Gasteiger partial charge in [0, 0.05) is 23.3 Å². The van der Waals surface area contributed by atoms with Crippen LogP contribution in [0.2, 0.25) is 10.0 Å². The monoisotopic (exact) mass is 479 g/mol. The molecule has 160 valence electrons. The van der Waals surface area contributed by atoms with E-state index in [1.165, 1.54) is 0 Å². The number of pyridine rings is 1. The van der Waals surface area contributed by atoms with Gasteiger partial charge >= 0.3 is 0 Å². The van der Waals surface area contributed by atoms with Crippen LogP contribution >= 0.6 is 35.4 Å². The first kappa shape index (κ1) is 21.0. The summed E-state index contributed by atoms with van der Waals surface area (Å²) in [6, 6.07) is 25.1. The zero-order valence-corrected chi connectivity index (χ0v) is 19.2. The van der Waals surface area contributed by atoms with Crippen LogP contribution in [-0.2, 0) is 6.54 Å². The molecular formula is C25H19Cl2N3OS. The summed E-state index contributed by atoms with van der Waals surface area (Å²) in [6.45, 7) is 0.651. The largest absolute Gasteiger partial charge is 0.459 e. The van der Waals surface area contributed by atoms with Crippen LogP contribution < -0.4 is 5.32 Å². The third-order valence-corrected chi connectivity index (χ3v) is 6.41. The lowest BCUT2D eigenvalue weighted by Gasteiger charge is -2.26. The molecule has 0 saturated carbocycles. The van der Waals surface area contributed by atoms with E-state index >= 15 is 0 Å². The van der Waals surface area contributed by atoms with E-state index < -0.39 is 0 Å². The van der Waals surface area contributed by atoms with E-state index in [-0.39, 0.29) is 12.1 Å². The molecule has 5 rings (SSSR count). The SMILES string of the molecule is S=C1N[C@@H](c2ccccn2)[C@H](c2ccc(-c3ccc(Cl)cc3Cl)o2)N1Cc1ccccc1. The molecule has 0 spiro atoms. The molecule has 1 fully saturated rings. The smallest absolute Gasteiger partial charge is 0.170 e. The van der Waals surface area contributed by atoms with Crippen molar-refractivity contribution in [2.45, 2.75) is 18.6 Å². The van der Waals surface area contributed by atoms with Gasteiger partial charge in [0.1, 0.15) is 17.6 Å². The van der Waals surface area contributed by atoms with E-state index in [1.807, 2.05) is 54.6 Å². The molecule has 1 N–H and O–H groups in total. The number of hydrogen-bond acceptors (Lipinski definition) is 3. The van der Waals surface area contributed by atoms with Gasteiger partial charge in [-0.3, -0.25) is 4.98 Å². The second-order valence-electron chi connectivity index (χ2n) is 7.57. The first-order valence-electron chi connectivity index (χ1n) is 10.2. The third-order valence-electron chi connectivity index (χ3n) is 5.51. The Hall–Kier alpha value is -2.86. The molecule has 4 nitrogen and oxygen atoms in total. The van der Waals surface area contributed by atoms with Crippen LogP contribution in [0.1, 0.15) is 29.1 Å². The molecule has 32 heavy (non-hydrogen) atoms. The van der Waals surface area contributed by atoms with Crippen molar-refractivity contribution in [3.8, 4) is 11.3 Å². The molecule has 3 heterocycles. The van der Waals surface area contributed by atoms with E-state index in [4.69, 9.17) is 39.8 Å².